The average Bonchev–Trinajstić information content (AvgIpc) is 3.61. The lowest BCUT2D eigenvalue weighted by Gasteiger charge is -2.18. The highest BCUT2D eigenvalue weighted by atomic mass is 32.1. The summed E-state index contributed by atoms with van der Waals surface area (Å²) in [6.45, 7) is 3.53. The summed E-state index contributed by atoms with van der Waals surface area (Å²) >= 11 is 6.75. The van der Waals surface area contributed by atoms with Crippen molar-refractivity contribution in [2.45, 2.75) is 26.2 Å². The molecule has 0 saturated carbocycles. The highest BCUT2D eigenvalue weighted by Gasteiger charge is 2.24. The zero-order chi connectivity index (χ0) is 25.2. The Labute approximate surface area is 215 Å². The van der Waals surface area contributed by atoms with Gasteiger partial charge in [0.2, 0.25) is 4.96 Å². The number of amides is 1. The molecule has 2 aromatic carbocycles. The summed E-state index contributed by atoms with van der Waals surface area (Å²) < 4.78 is 1.74. The van der Waals surface area contributed by atoms with Crippen molar-refractivity contribution in [3.8, 4) is 10.6 Å². The van der Waals surface area contributed by atoms with E-state index in [9.17, 15) is 14.9 Å². The molecule has 0 atom stereocenters. The van der Waals surface area contributed by atoms with Gasteiger partial charge in [-0.25, -0.2) is 0 Å². The number of fused-ring (bicyclic) bond motifs is 1. The number of carbonyl (C=O) groups is 1. The van der Waals surface area contributed by atoms with E-state index in [-0.39, 0.29) is 16.4 Å². The molecule has 1 saturated heterocycles. The van der Waals surface area contributed by atoms with Gasteiger partial charge in [-0.3, -0.25) is 20.2 Å². The van der Waals surface area contributed by atoms with Crippen LogP contribution in [0.1, 0.15) is 35.9 Å². The average molecular weight is 523 g/mol. The van der Waals surface area contributed by atoms with E-state index in [0.29, 0.717) is 16.3 Å². The number of benzene rings is 2. The lowest BCUT2D eigenvalue weighted by Crippen LogP contribution is -2.34. The number of rotatable bonds is 6. The van der Waals surface area contributed by atoms with Gasteiger partial charge in [0.25, 0.3) is 11.6 Å². The van der Waals surface area contributed by atoms with Crippen LogP contribution in [0.15, 0.2) is 42.5 Å². The molecule has 1 aliphatic heterocycles. The van der Waals surface area contributed by atoms with Gasteiger partial charge in [-0.05, 0) is 49.3 Å². The summed E-state index contributed by atoms with van der Waals surface area (Å²) in [6, 6.07) is 12.0. The van der Waals surface area contributed by atoms with Crippen molar-refractivity contribution in [2.75, 3.05) is 23.3 Å². The molecule has 13 heteroatoms. The van der Waals surface area contributed by atoms with Gasteiger partial charge in [-0.1, -0.05) is 30.4 Å². The monoisotopic (exact) mass is 522 g/mol. The van der Waals surface area contributed by atoms with Crippen LogP contribution >= 0.6 is 23.6 Å². The van der Waals surface area contributed by atoms with Gasteiger partial charge in [0.15, 0.2) is 10.9 Å². The summed E-state index contributed by atoms with van der Waals surface area (Å²) in [7, 11) is 0. The van der Waals surface area contributed by atoms with Crippen LogP contribution in [0.5, 0.6) is 0 Å². The Morgan fingerprint density at radius 2 is 2.00 bits per heavy atom. The minimum absolute atomic E-state index is 0.0785. The minimum atomic E-state index is -0.527. The molecule has 2 aromatic heterocycles. The van der Waals surface area contributed by atoms with Crippen molar-refractivity contribution >= 4 is 56.6 Å². The van der Waals surface area contributed by atoms with Crippen molar-refractivity contribution < 1.29 is 9.72 Å². The quantitative estimate of drug-likeness (QED) is 0.219. The number of nitrogens with one attached hydrogen (secondary N) is 2. The molecule has 0 aliphatic carbocycles. The van der Waals surface area contributed by atoms with E-state index >= 15 is 0 Å². The van der Waals surface area contributed by atoms with Gasteiger partial charge in [0, 0.05) is 42.4 Å². The zero-order valence-electron chi connectivity index (χ0n) is 19.3. The molecule has 0 spiro atoms. The van der Waals surface area contributed by atoms with Gasteiger partial charge in [-0.2, -0.15) is 9.61 Å². The molecule has 1 fully saturated rings. The SMILES string of the molecule is CCc1nnc2sc(-c3cccc(NC(=S)NC(=O)c4ccc(N5CCCC5)c([N+](=O)[O-])c4)c3)nn12. The Morgan fingerprint density at radius 1 is 1.19 bits per heavy atom. The number of anilines is 2. The Hall–Kier alpha value is -3.97. The third kappa shape index (κ3) is 4.75. The lowest BCUT2D eigenvalue weighted by molar-refractivity contribution is -0.384. The second kappa shape index (κ2) is 9.95. The molecular weight excluding hydrogens is 500 g/mol. The number of aromatic nitrogens is 4. The van der Waals surface area contributed by atoms with Gasteiger partial charge in [0.1, 0.15) is 10.7 Å². The van der Waals surface area contributed by atoms with Crippen LogP contribution in [0.25, 0.3) is 15.5 Å². The van der Waals surface area contributed by atoms with Crippen molar-refractivity contribution in [3.05, 3.63) is 64.0 Å². The van der Waals surface area contributed by atoms with Crippen molar-refractivity contribution in [1.82, 2.24) is 25.1 Å². The largest absolute Gasteiger partial charge is 0.366 e. The molecule has 0 unspecified atom stereocenters. The number of hydrogen-bond acceptors (Lipinski definition) is 9. The first-order chi connectivity index (χ1) is 17.4. The summed E-state index contributed by atoms with van der Waals surface area (Å²) in [4.78, 5) is 26.6. The molecule has 1 amide bonds. The second-order valence-corrected chi connectivity index (χ2v) is 9.58. The van der Waals surface area contributed by atoms with Crippen molar-refractivity contribution in [1.29, 1.82) is 0 Å². The van der Waals surface area contributed by atoms with Crippen molar-refractivity contribution in [2.24, 2.45) is 0 Å². The molecule has 184 valence electrons. The fourth-order valence-corrected chi connectivity index (χ4v) is 5.16. The fourth-order valence-electron chi connectivity index (χ4n) is 4.10. The molecule has 4 aromatic rings. The van der Waals surface area contributed by atoms with Crippen LogP contribution in [-0.4, -0.2) is 48.8 Å². The molecule has 3 heterocycles. The predicted molar refractivity (Wildman–Crippen MR) is 142 cm³/mol. The number of nitro benzene ring substituents is 1. The Balaban J connectivity index is 1.28. The lowest BCUT2D eigenvalue weighted by atomic mass is 10.1. The van der Waals surface area contributed by atoms with Crippen LogP contribution in [0.4, 0.5) is 17.1 Å². The summed E-state index contributed by atoms with van der Waals surface area (Å²) in [6.07, 6.45) is 2.71. The maximum Gasteiger partial charge on any atom is 0.293 e. The van der Waals surface area contributed by atoms with E-state index in [1.54, 1.807) is 16.6 Å². The number of hydrogen-bond donors (Lipinski definition) is 2. The Morgan fingerprint density at radius 3 is 2.75 bits per heavy atom. The van der Waals surface area contributed by atoms with E-state index < -0.39 is 10.8 Å². The number of aryl methyl sites for hydroxylation is 1. The van der Waals surface area contributed by atoms with E-state index in [0.717, 1.165) is 48.7 Å². The first-order valence-electron chi connectivity index (χ1n) is 11.4. The van der Waals surface area contributed by atoms with Crippen LogP contribution < -0.4 is 15.5 Å². The second-order valence-electron chi connectivity index (χ2n) is 8.22. The first kappa shape index (κ1) is 23.8. The first-order valence-corrected chi connectivity index (χ1v) is 12.6. The van der Waals surface area contributed by atoms with Gasteiger partial charge < -0.3 is 10.2 Å². The van der Waals surface area contributed by atoms with Crippen LogP contribution in [0.3, 0.4) is 0 Å². The van der Waals surface area contributed by atoms with E-state index in [1.807, 2.05) is 36.1 Å². The van der Waals surface area contributed by atoms with Crippen molar-refractivity contribution in [3.63, 3.8) is 0 Å². The van der Waals surface area contributed by atoms with Gasteiger partial charge in [-0.15, -0.1) is 10.2 Å². The van der Waals surface area contributed by atoms with Crippen LogP contribution in [0.2, 0.25) is 0 Å². The van der Waals surface area contributed by atoms with Gasteiger partial charge >= 0.3 is 0 Å². The number of nitrogens with zero attached hydrogens (tertiary/aromatic N) is 6. The summed E-state index contributed by atoms with van der Waals surface area (Å²) in [5, 5.41) is 31.0. The topological polar surface area (TPSA) is 131 Å². The predicted octanol–water partition coefficient (Wildman–Crippen LogP) is 4.05. The summed E-state index contributed by atoms with van der Waals surface area (Å²) in [5.74, 6) is 0.264. The third-order valence-electron chi connectivity index (χ3n) is 5.85. The molecule has 11 nitrogen and oxygen atoms in total. The Kier molecular flexibility index (Phi) is 6.57. The van der Waals surface area contributed by atoms with E-state index in [2.05, 4.69) is 25.9 Å². The smallest absolute Gasteiger partial charge is 0.293 e. The van der Waals surface area contributed by atoms with E-state index in [1.165, 1.54) is 17.4 Å². The standard InChI is InChI=1S/C23H22N8O3S2/c1-2-19-26-27-23-30(19)28-21(36-23)15-6-5-7-16(12-15)24-22(35)25-20(32)14-8-9-17(18(13-14)31(33)34)29-10-3-4-11-29/h5-9,12-13H,2-4,10-11H2,1H3,(H2,24,25,32,35). The highest BCUT2D eigenvalue weighted by Crippen LogP contribution is 2.32. The highest BCUT2D eigenvalue weighted by molar-refractivity contribution is 7.80. The molecule has 36 heavy (non-hydrogen) atoms. The Bertz CT molecular complexity index is 1480. The zero-order valence-corrected chi connectivity index (χ0v) is 20.9. The number of thiocarbonyl (C=S) groups is 1. The van der Waals surface area contributed by atoms with Crippen LogP contribution in [0, 0.1) is 10.1 Å². The van der Waals surface area contributed by atoms with E-state index in [4.69, 9.17) is 12.2 Å². The fraction of sp³-hybridized carbons (Fsp3) is 0.261. The maximum absolute atomic E-state index is 12.8. The third-order valence-corrected chi connectivity index (χ3v) is 7.00. The number of carbonyl (C=O) groups excluding carboxylic acids is 1. The molecular formula is C23H22N8O3S2. The number of nitro groups is 1. The summed E-state index contributed by atoms with van der Waals surface area (Å²) in [5.41, 5.74) is 2.12. The van der Waals surface area contributed by atoms with Gasteiger partial charge in [0.05, 0.1) is 4.92 Å². The molecule has 2 N–H and O–H groups in total. The molecule has 1 aliphatic rings. The van der Waals surface area contributed by atoms with Crippen LogP contribution in [-0.2, 0) is 6.42 Å². The molecule has 0 radical (unpaired) electrons. The molecule has 5 rings (SSSR count). The maximum atomic E-state index is 12.8. The minimum Gasteiger partial charge on any atom is -0.366 e. The molecule has 0 bridgehead atoms. The normalized spacial score (nSPS) is 13.2.